The summed E-state index contributed by atoms with van der Waals surface area (Å²) >= 11 is 0. The molecule has 2 aliphatic rings. The number of nitrogens with two attached hydrogens (primary N) is 2. The molecule has 8 rings (SSSR count). The summed E-state index contributed by atoms with van der Waals surface area (Å²) in [7, 11) is -0.692. The smallest absolute Gasteiger partial charge is 0.351 e. The molecule has 0 saturated carbocycles. The van der Waals surface area contributed by atoms with Crippen LogP contribution in [0.5, 0.6) is 11.5 Å². The second kappa shape index (κ2) is 17.1. The number of fused-ring (bicyclic) bond motifs is 1. The summed E-state index contributed by atoms with van der Waals surface area (Å²) in [5.74, 6) is 1.61. The minimum atomic E-state index is -3.90. The standard InChI is InChI=1S/C41H45N8O10P/c1-53-28-13-9-26(10-14-28)41(25-7-5-4-6-8-25,27-11-15-29(54-2)16-12-27)55-21-33-31(20-36(58-33)49-24-46-37-38(43)44-23-45-39(37)49)59-60(3,52)56-22-32-30(50)19-35(57-32)48-18-17-34(42)47-40(48)51/h4-18,23-24,30-33,35-36,50H,19-22H2,1-3H3,(H2,42,47,51)(H2,43,44,45)/t30-,31-,32+,33+,35+,36+,60?/m0/s1. The maximum absolute atomic E-state index is 14.2. The highest BCUT2D eigenvalue weighted by Gasteiger charge is 2.45. The molecule has 18 nitrogen and oxygen atoms in total. The van der Waals surface area contributed by atoms with E-state index >= 15 is 0 Å². The van der Waals surface area contributed by atoms with E-state index in [1.807, 2.05) is 78.9 Å². The zero-order valence-electron chi connectivity index (χ0n) is 33.0. The minimum Gasteiger partial charge on any atom is -0.497 e. The molecular formula is C41H45N8O10P. The van der Waals surface area contributed by atoms with E-state index in [9.17, 15) is 14.5 Å². The van der Waals surface area contributed by atoms with Crippen LogP contribution in [-0.2, 0) is 33.4 Å². The summed E-state index contributed by atoms with van der Waals surface area (Å²) in [6.07, 6.45) is -0.581. The third-order valence-electron chi connectivity index (χ3n) is 10.7. The van der Waals surface area contributed by atoms with Gasteiger partial charge in [-0.1, -0.05) is 54.6 Å². The van der Waals surface area contributed by atoms with Crippen molar-refractivity contribution >= 4 is 30.4 Å². The molecule has 2 aliphatic heterocycles. The number of hydrogen-bond donors (Lipinski definition) is 3. The summed E-state index contributed by atoms with van der Waals surface area (Å²) in [5.41, 5.74) is 13.2. The van der Waals surface area contributed by atoms with Crippen LogP contribution < -0.4 is 26.6 Å². The fourth-order valence-electron chi connectivity index (χ4n) is 7.66. The molecule has 0 radical (unpaired) electrons. The van der Waals surface area contributed by atoms with Crippen LogP contribution in [0.1, 0.15) is 42.0 Å². The van der Waals surface area contributed by atoms with Crippen LogP contribution in [-0.4, -0.2) is 92.7 Å². The van der Waals surface area contributed by atoms with Crippen LogP contribution in [0.4, 0.5) is 11.6 Å². The lowest BCUT2D eigenvalue weighted by Crippen LogP contribution is -2.38. The Kier molecular flexibility index (Phi) is 11.7. The molecule has 3 aromatic heterocycles. The molecule has 2 fully saturated rings. The topological polar surface area (TPSA) is 232 Å². The van der Waals surface area contributed by atoms with Gasteiger partial charge < -0.3 is 49.3 Å². The number of rotatable bonds is 15. The van der Waals surface area contributed by atoms with Gasteiger partial charge in [-0.2, -0.15) is 4.98 Å². The predicted molar refractivity (Wildman–Crippen MR) is 218 cm³/mol. The Labute approximate surface area is 344 Å². The van der Waals surface area contributed by atoms with Gasteiger partial charge in [0.05, 0.1) is 46.0 Å². The summed E-state index contributed by atoms with van der Waals surface area (Å²) in [5, 5.41) is 10.8. The molecule has 60 heavy (non-hydrogen) atoms. The molecule has 3 aromatic carbocycles. The van der Waals surface area contributed by atoms with Crippen LogP contribution >= 0.6 is 7.60 Å². The fourth-order valence-corrected chi connectivity index (χ4v) is 8.85. The second-order valence-electron chi connectivity index (χ2n) is 14.4. The number of nitrogen functional groups attached to an aromatic ring is 2. The van der Waals surface area contributed by atoms with Crippen molar-refractivity contribution in [2.24, 2.45) is 0 Å². The zero-order chi connectivity index (χ0) is 42.0. The van der Waals surface area contributed by atoms with Gasteiger partial charge in [-0.05, 0) is 47.0 Å². The van der Waals surface area contributed by atoms with E-state index in [0.29, 0.717) is 22.7 Å². The van der Waals surface area contributed by atoms with Gasteiger partial charge in [0.2, 0.25) is 0 Å². The molecule has 314 valence electrons. The molecule has 0 bridgehead atoms. The largest absolute Gasteiger partial charge is 0.497 e. The molecule has 0 aliphatic carbocycles. The van der Waals surface area contributed by atoms with E-state index in [1.54, 1.807) is 25.1 Å². The van der Waals surface area contributed by atoms with Crippen molar-refractivity contribution in [3.63, 3.8) is 0 Å². The van der Waals surface area contributed by atoms with Crippen molar-refractivity contribution in [3.8, 4) is 11.5 Å². The zero-order valence-corrected chi connectivity index (χ0v) is 33.9. The molecule has 0 amide bonds. The van der Waals surface area contributed by atoms with E-state index in [-0.39, 0.29) is 37.7 Å². The van der Waals surface area contributed by atoms with Gasteiger partial charge in [0.25, 0.3) is 0 Å². The molecule has 6 aromatic rings. The molecule has 1 unspecified atom stereocenters. The van der Waals surface area contributed by atoms with Crippen LogP contribution in [0.25, 0.3) is 11.2 Å². The Hall–Kier alpha value is -5.72. The van der Waals surface area contributed by atoms with Gasteiger partial charge in [0, 0.05) is 25.7 Å². The maximum Gasteiger partial charge on any atom is 0.351 e. The second-order valence-corrected chi connectivity index (χ2v) is 16.5. The average molecular weight is 841 g/mol. The van der Waals surface area contributed by atoms with Crippen molar-refractivity contribution in [1.82, 2.24) is 29.1 Å². The van der Waals surface area contributed by atoms with E-state index in [2.05, 4.69) is 19.9 Å². The number of methoxy groups -OCH3 is 2. The molecule has 5 N–H and O–H groups in total. The molecule has 0 spiro atoms. The van der Waals surface area contributed by atoms with E-state index in [4.69, 9.17) is 44.2 Å². The van der Waals surface area contributed by atoms with Crippen molar-refractivity contribution in [1.29, 1.82) is 0 Å². The van der Waals surface area contributed by atoms with Crippen molar-refractivity contribution < 1.29 is 42.4 Å². The maximum atomic E-state index is 14.2. The Morgan fingerprint density at radius 2 is 1.45 bits per heavy atom. The molecule has 7 atom stereocenters. The minimum absolute atomic E-state index is 0.0611. The van der Waals surface area contributed by atoms with Gasteiger partial charge >= 0.3 is 13.3 Å². The van der Waals surface area contributed by atoms with Crippen LogP contribution in [0.2, 0.25) is 0 Å². The van der Waals surface area contributed by atoms with Crippen molar-refractivity contribution in [2.75, 3.05) is 45.6 Å². The van der Waals surface area contributed by atoms with Crippen LogP contribution in [0.15, 0.2) is 109 Å². The first-order valence-electron chi connectivity index (χ1n) is 19.1. The fraction of sp³-hybridized carbons (Fsp3) is 0.341. The summed E-state index contributed by atoms with van der Waals surface area (Å²) in [4.78, 5) is 29.1. The first-order chi connectivity index (χ1) is 29.0. The number of anilines is 2. The highest BCUT2D eigenvalue weighted by atomic mass is 31.2. The summed E-state index contributed by atoms with van der Waals surface area (Å²) in [6.45, 7) is 0.985. The Bertz CT molecular complexity index is 2480. The quantitative estimate of drug-likeness (QED) is 0.0959. The average Bonchev–Trinajstić information content (AvgIpc) is 3.98. The first kappa shape index (κ1) is 41.0. The van der Waals surface area contributed by atoms with E-state index in [1.165, 1.54) is 29.8 Å². The lowest BCUT2D eigenvalue weighted by atomic mass is 9.80. The summed E-state index contributed by atoms with van der Waals surface area (Å²) in [6, 6.07) is 26.5. The van der Waals surface area contributed by atoms with Gasteiger partial charge in [0.15, 0.2) is 11.5 Å². The molecule has 19 heteroatoms. The number of benzene rings is 3. The Balaban J connectivity index is 1.09. The number of hydrogen-bond acceptors (Lipinski definition) is 16. The van der Waals surface area contributed by atoms with Gasteiger partial charge in [-0.15, -0.1) is 0 Å². The molecule has 5 heterocycles. The van der Waals surface area contributed by atoms with E-state index in [0.717, 1.165) is 16.7 Å². The normalized spacial score (nSPS) is 22.8. The Morgan fingerprint density at radius 3 is 2.10 bits per heavy atom. The van der Waals surface area contributed by atoms with Gasteiger partial charge in [-0.3, -0.25) is 13.7 Å². The third kappa shape index (κ3) is 8.23. The third-order valence-corrected chi connectivity index (χ3v) is 12.0. The van der Waals surface area contributed by atoms with Crippen molar-refractivity contribution in [2.45, 2.75) is 55.3 Å². The van der Waals surface area contributed by atoms with E-state index < -0.39 is 55.8 Å². The lowest BCUT2D eigenvalue weighted by Gasteiger charge is -2.37. The first-order valence-corrected chi connectivity index (χ1v) is 21.1. The predicted octanol–water partition coefficient (Wildman–Crippen LogP) is 4.43. The SMILES string of the molecule is COc1ccc(C(OC[C@H]2O[C@@H](n3cnc4c(N)ncnc43)C[C@@H]2OP(C)(=O)OC[C@H]2O[C@@H](n3ccc(N)nc3=O)C[C@@H]2O)(c2ccccc2)c2ccc(OC)cc2)cc1. The highest BCUT2D eigenvalue weighted by Crippen LogP contribution is 2.50. The van der Waals surface area contributed by atoms with Crippen molar-refractivity contribution in [3.05, 3.63) is 131 Å². The monoisotopic (exact) mass is 840 g/mol. The summed E-state index contributed by atoms with van der Waals surface area (Å²) < 4.78 is 60.3. The number of aliphatic hydroxyl groups is 1. The van der Waals surface area contributed by atoms with Gasteiger partial charge in [0.1, 0.15) is 59.4 Å². The van der Waals surface area contributed by atoms with Crippen LogP contribution in [0.3, 0.4) is 0 Å². The number of aromatic nitrogens is 6. The van der Waals surface area contributed by atoms with Gasteiger partial charge in [-0.25, -0.2) is 19.7 Å². The van der Waals surface area contributed by atoms with Crippen LogP contribution in [0, 0.1) is 0 Å². The number of nitrogens with zero attached hydrogens (tertiary/aromatic N) is 6. The number of imidazole rings is 1. The Morgan fingerprint density at radius 1 is 0.817 bits per heavy atom. The highest BCUT2D eigenvalue weighted by molar-refractivity contribution is 7.53. The number of ether oxygens (including phenoxy) is 5. The molecule has 2 saturated heterocycles. The number of aliphatic hydroxyl groups excluding tert-OH is 1. The molecular weight excluding hydrogens is 795 g/mol. The lowest BCUT2D eigenvalue weighted by molar-refractivity contribution is -0.0919.